The number of halogens is 1. The van der Waals surface area contributed by atoms with E-state index >= 15 is 0 Å². The van der Waals surface area contributed by atoms with Gasteiger partial charge in [-0.1, -0.05) is 6.92 Å². The van der Waals surface area contributed by atoms with E-state index < -0.39 is 11.9 Å². The summed E-state index contributed by atoms with van der Waals surface area (Å²) in [7, 11) is 0. The second kappa shape index (κ2) is 3.31. The van der Waals surface area contributed by atoms with E-state index in [2.05, 4.69) is 0 Å². The molecule has 2 rings (SSSR count). The van der Waals surface area contributed by atoms with Crippen molar-refractivity contribution < 1.29 is 14.3 Å². The third-order valence-corrected chi connectivity index (χ3v) is 3.05. The largest absolute Gasteiger partial charge is 0.481 e. The predicted molar refractivity (Wildman–Crippen MR) is 51.6 cm³/mol. The molecule has 0 radical (unpaired) electrons. The van der Waals surface area contributed by atoms with Crippen LogP contribution >= 0.6 is 11.6 Å². The lowest BCUT2D eigenvalue weighted by atomic mass is 9.93. The first kappa shape index (κ1) is 9.59. The summed E-state index contributed by atoms with van der Waals surface area (Å²) in [5.74, 6) is -0.436. The molecule has 2 atom stereocenters. The lowest BCUT2D eigenvalue weighted by Gasteiger charge is -2.13. The van der Waals surface area contributed by atoms with Crippen molar-refractivity contribution >= 4 is 17.6 Å². The number of rotatable bonds is 2. The van der Waals surface area contributed by atoms with Gasteiger partial charge >= 0.3 is 5.97 Å². The van der Waals surface area contributed by atoms with Crippen LogP contribution in [0.5, 0.6) is 0 Å². The Labute approximate surface area is 86.7 Å². The van der Waals surface area contributed by atoms with Crippen LogP contribution in [0, 0.1) is 5.92 Å². The van der Waals surface area contributed by atoms with Crippen molar-refractivity contribution in [2.75, 3.05) is 0 Å². The Morgan fingerprint density at radius 2 is 2.50 bits per heavy atom. The molecule has 1 aliphatic rings. The van der Waals surface area contributed by atoms with Gasteiger partial charge in [0.25, 0.3) is 0 Å². The summed E-state index contributed by atoms with van der Waals surface area (Å²) >= 11 is 5.71. The van der Waals surface area contributed by atoms with E-state index in [0.717, 1.165) is 24.2 Å². The van der Waals surface area contributed by atoms with Gasteiger partial charge in [0.2, 0.25) is 0 Å². The molecule has 3 nitrogen and oxygen atoms in total. The SMILES string of the molecule is CC(C(=O)O)C1CCc2cc(Cl)oc21. The van der Waals surface area contributed by atoms with Crippen LogP contribution in [-0.2, 0) is 11.2 Å². The summed E-state index contributed by atoms with van der Waals surface area (Å²) in [6.07, 6.45) is 1.71. The van der Waals surface area contributed by atoms with Gasteiger partial charge in [-0.25, -0.2) is 0 Å². The number of hydrogen-bond donors (Lipinski definition) is 1. The smallest absolute Gasteiger partial charge is 0.306 e. The molecule has 1 aromatic rings. The van der Waals surface area contributed by atoms with Crippen molar-refractivity contribution in [3.8, 4) is 0 Å². The molecule has 76 valence electrons. The molecule has 1 heterocycles. The zero-order valence-electron chi connectivity index (χ0n) is 7.79. The highest BCUT2D eigenvalue weighted by Crippen LogP contribution is 2.41. The fraction of sp³-hybridized carbons (Fsp3) is 0.500. The maximum atomic E-state index is 10.8. The van der Waals surface area contributed by atoms with E-state index in [1.54, 1.807) is 13.0 Å². The van der Waals surface area contributed by atoms with Gasteiger partial charge in [0.15, 0.2) is 5.22 Å². The minimum Gasteiger partial charge on any atom is -0.481 e. The number of aliphatic carboxylic acids is 1. The summed E-state index contributed by atoms with van der Waals surface area (Å²) in [5.41, 5.74) is 1.06. The lowest BCUT2D eigenvalue weighted by molar-refractivity contribution is -0.142. The number of carboxylic acid groups (broad SMARTS) is 1. The molecule has 1 N–H and O–H groups in total. The molecule has 14 heavy (non-hydrogen) atoms. The Bertz CT molecular complexity index is 369. The topological polar surface area (TPSA) is 50.4 Å². The van der Waals surface area contributed by atoms with Gasteiger partial charge < -0.3 is 9.52 Å². The van der Waals surface area contributed by atoms with Gasteiger partial charge in [0, 0.05) is 5.92 Å². The van der Waals surface area contributed by atoms with Crippen molar-refractivity contribution in [3.05, 3.63) is 22.6 Å². The molecule has 4 heteroatoms. The molecule has 0 fully saturated rings. The van der Waals surface area contributed by atoms with E-state index in [0.29, 0.717) is 5.22 Å². The predicted octanol–water partition coefficient (Wildman–Crippen LogP) is 2.68. The van der Waals surface area contributed by atoms with Crippen molar-refractivity contribution in [2.45, 2.75) is 25.7 Å². The van der Waals surface area contributed by atoms with Gasteiger partial charge in [-0.05, 0) is 36.1 Å². The summed E-state index contributed by atoms with van der Waals surface area (Å²) in [6.45, 7) is 1.71. The molecule has 0 amide bonds. The van der Waals surface area contributed by atoms with Gasteiger partial charge in [-0.3, -0.25) is 4.79 Å². The number of hydrogen-bond acceptors (Lipinski definition) is 2. The Morgan fingerprint density at radius 3 is 3.14 bits per heavy atom. The summed E-state index contributed by atoms with van der Waals surface area (Å²) < 4.78 is 5.31. The lowest BCUT2D eigenvalue weighted by Crippen LogP contribution is -2.16. The summed E-state index contributed by atoms with van der Waals surface area (Å²) in [5, 5.41) is 9.26. The molecule has 0 aromatic carbocycles. The van der Waals surface area contributed by atoms with Crippen LogP contribution in [0.4, 0.5) is 0 Å². The summed E-state index contributed by atoms with van der Waals surface area (Å²) in [4.78, 5) is 10.8. The zero-order valence-corrected chi connectivity index (χ0v) is 8.54. The average Bonchev–Trinajstić information content (AvgIpc) is 2.61. The molecule has 0 saturated carbocycles. The number of carboxylic acids is 1. The second-order valence-corrected chi connectivity index (χ2v) is 4.08. The number of fused-ring (bicyclic) bond motifs is 1. The number of furan rings is 1. The summed E-state index contributed by atoms with van der Waals surface area (Å²) in [6, 6.07) is 1.78. The molecular formula is C10H11ClO3. The standard InChI is InChI=1S/C10H11ClO3/c1-5(10(12)13)7-3-2-6-4-8(11)14-9(6)7/h4-5,7H,2-3H2,1H3,(H,12,13). The first-order valence-electron chi connectivity index (χ1n) is 4.60. The molecule has 0 aliphatic heterocycles. The Morgan fingerprint density at radius 1 is 1.79 bits per heavy atom. The first-order valence-corrected chi connectivity index (χ1v) is 4.98. The maximum absolute atomic E-state index is 10.8. The molecule has 1 aliphatic carbocycles. The normalized spacial score (nSPS) is 22.0. The molecule has 0 saturated heterocycles. The Hall–Kier alpha value is -0.960. The highest BCUT2D eigenvalue weighted by Gasteiger charge is 2.34. The Kier molecular flexibility index (Phi) is 2.27. The maximum Gasteiger partial charge on any atom is 0.306 e. The van der Waals surface area contributed by atoms with Gasteiger partial charge in [-0.15, -0.1) is 0 Å². The third kappa shape index (κ3) is 1.42. The van der Waals surface area contributed by atoms with Gasteiger partial charge in [0.05, 0.1) is 5.92 Å². The van der Waals surface area contributed by atoms with E-state index in [4.69, 9.17) is 21.1 Å². The second-order valence-electron chi connectivity index (χ2n) is 3.71. The molecule has 0 bridgehead atoms. The molecule has 0 spiro atoms. The highest BCUT2D eigenvalue weighted by molar-refractivity contribution is 6.28. The van der Waals surface area contributed by atoms with Crippen LogP contribution in [0.3, 0.4) is 0 Å². The van der Waals surface area contributed by atoms with Crippen LogP contribution < -0.4 is 0 Å². The van der Waals surface area contributed by atoms with Crippen LogP contribution in [0.25, 0.3) is 0 Å². The van der Waals surface area contributed by atoms with Gasteiger partial charge in [0.1, 0.15) is 5.76 Å². The molecule has 2 unspecified atom stereocenters. The zero-order chi connectivity index (χ0) is 10.3. The van der Waals surface area contributed by atoms with E-state index in [1.165, 1.54) is 0 Å². The van der Waals surface area contributed by atoms with Crippen molar-refractivity contribution in [1.29, 1.82) is 0 Å². The van der Waals surface area contributed by atoms with E-state index in [1.807, 2.05) is 0 Å². The first-order chi connectivity index (χ1) is 6.59. The Balaban J connectivity index is 2.29. The highest BCUT2D eigenvalue weighted by atomic mass is 35.5. The van der Waals surface area contributed by atoms with Crippen LogP contribution in [0.1, 0.15) is 30.6 Å². The third-order valence-electron chi connectivity index (χ3n) is 2.87. The van der Waals surface area contributed by atoms with E-state index in [9.17, 15) is 4.79 Å². The molecule has 1 aromatic heterocycles. The molecular weight excluding hydrogens is 204 g/mol. The fourth-order valence-corrected chi connectivity index (χ4v) is 2.22. The van der Waals surface area contributed by atoms with Crippen molar-refractivity contribution in [3.63, 3.8) is 0 Å². The number of aryl methyl sites for hydroxylation is 1. The quantitative estimate of drug-likeness (QED) is 0.824. The monoisotopic (exact) mass is 214 g/mol. The van der Waals surface area contributed by atoms with E-state index in [-0.39, 0.29) is 5.92 Å². The van der Waals surface area contributed by atoms with Crippen LogP contribution in [0.15, 0.2) is 10.5 Å². The van der Waals surface area contributed by atoms with Crippen LogP contribution in [0.2, 0.25) is 5.22 Å². The van der Waals surface area contributed by atoms with Crippen molar-refractivity contribution in [2.24, 2.45) is 5.92 Å². The minimum atomic E-state index is -0.782. The average molecular weight is 215 g/mol. The van der Waals surface area contributed by atoms with Crippen LogP contribution in [-0.4, -0.2) is 11.1 Å². The fourth-order valence-electron chi connectivity index (χ4n) is 2.01. The number of carbonyl (C=O) groups is 1. The van der Waals surface area contributed by atoms with Crippen molar-refractivity contribution in [1.82, 2.24) is 0 Å². The minimum absolute atomic E-state index is 0.0185. The van der Waals surface area contributed by atoms with Gasteiger partial charge in [-0.2, -0.15) is 0 Å².